The molecule has 0 amide bonds. The first-order valence-corrected chi connectivity index (χ1v) is 11.5. The summed E-state index contributed by atoms with van der Waals surface area (Å²) in [5, 5.41) is 7.96. The number of rotatable bonds is 18. The first kappa shape index (κ1) is 28.1. The van der Waals surface area contributed by atoms with Gasteiger partial charge in [0.05, 0.1) is 10.1 Å². The Morgan fingerprint density at radius 1 is 0.680 bits per heavy atom. The third kappa shape index (κ3) is 21.0. The quantitative estimate of drug-likeness (QED) is 0.222. The molecule has 0 radical (unpaired) electrons. The summed E-state index contributed by atoms with van der Waals surface area (Å²) in [5.74, 6) is 0. The molecular formula is C19H39NaO4S. The van der Waals surface area contributed by atoms with Gasteiger partial charge in [-0.25, -0.2) is 8.42 Å². The van der Waals surface area contributed by atoms with Crippen LogP contribution in [0.25, 0.3) is 0 Å². The van der Waals surface area contributed by atoms with Gasteiger partial charge in [0.15, 0.2) is 0 Å². The van der Waals surface area contributed by atoms with Gasteiger partial charge in [0.1, 0.15) is 0 Å². The van der Waals surface area contributed by atoms with Crippen LogP contribution in [0.15, 0.2) is 0 Å². The number of hydrogen-bond acceptors (Lipinski definition) is 4. The van der Waals surface area contributed by atoms with Crippen molar-refractivity contribution in [1.29, 1.82) is 0 Å². The Hall–Kier alpha value is 0.870. The molecule has 1 unspecified atom stereocenters. The normalized spacial score (nSPS) is 12.8. The van der Waals surface area contributed by atoms with Crippen LogP contribution in [-0.2, 0) is 10.1 Å². The van der Waals surface area contributed by atoms with Crippen molar-refractivity contribution in [3.63, 3.8) is 0 Å². The molecule has 146 valence electrons. The van der Waals surface area contributed by atoms with Gasteiger partial charge in [-0.3, -0.25) is 0 Å². The molecule has 1 N–H and O–H groups in total. The maximum absolute atomic E-state index is 10.8. The van der Waals surface area contributed by atoms with Crippen molar-refractivity contribution in [3.8, 4) is 0 Å². The average molecular weight is 387 g/mol. The molecule has 0 aliphatic rings. The Kier molecular flexibility index (Phi) is 22.0. The predicted octanol–water partition coefficient (Wildman–Crippen LogP) is 2.16. The second kappa shape index (κ2) is 19.6. The first-order chi connectivity index (χ1) is 11.5. The summed E-state index contributed by atoms with van der Waals surface area (Å²) < 4.78 is 32.3. The standard InChI is InChI=1S/C19H40O4S.Na/c1-19(24(21,22)23)17-15-13-11-9-7-5-3-2-4-6-8-10-12-14-16-18-20;/h19-20H,2-18H2,1H3,(H,21,22,23);/q;+1/p-1. The number of aliphatic hydroxyl groups is 1. The van der Waals surface area contributed by atoms with Gasteiger partial charge in [0, 0.05) is 11.9 Å². The molecule has 0 aromatic rings. The molecule has 0 aliphatic carbocycles. The second-order valence-electron chi connectivity index (χ2n) is 7.12. The number of unbranched alkanes of at least 4 members (excludes halogenated alkanes) is 14. The molecule has 0 spiro atoms. The van der Waals surface area contributed by atoms with Crippen molar-refractivity contribution in [1.82, 2.24) is 0 Å². The molecule has 0 fully saturated rings. The van der Waals surface area contributed by atoms with Crippen molar-refractivity contribution in [2.45, 2.75) is 115 Å². The number of aliphatic hydroxyl groups excluding tert-OH is 1. The van der Waals surface area contributed by atoms with Gasteiger partial charge < -0.3 is 9.66 Å². The Labute approximate surface area is 178 Å². The van der Waals surface area contributed by atoms with Crippen molar-refractivity contribution in [2.24, 2.45) is 0 Å². The molecule has 4 nitrogen and oxygen atoms in total. The fraction of sp³-hybridized carbons (Fsp3) is 1.00. The van der Waals surface area contributed by atoms with Gasteiger partial charge in [-0.15, -0.1) is 0 Å². The molecule has 0 aromatic carbocycles. The van der Waals surface area contributed by atoms with Gasteiger partial charge in [0.25, 0.3) is 0 Å². The van der Waals surface area contributed by atoms with Crippen LogP contribution in [0, 0.1) is 0 Å². The van der Waals surface area contributed by atoms with E-state index < -0.39 is 15.4 Å². The average Bonchev–Trinajstić information content (AvgIpc) is 2.53. The minimum absolute atomic E-state index is 0. The first-order valence-electron chi connectivity index (χ1n) is 10.0. The van der Waals surface area contributed by atoms with Gasteiger partial charge in [-0.1, -0.05) is 89.9 Å². The van der Waals surface area contributed by atoms with E-state index in [9.17, 15) is 13.0 Å². The van der Waals surface area contributed by atoms with Crippen molar-refractivity contribution < 1.29 is 47.6 Å². The van der Waals surface area contributed by atoms with Gasteiger partial charge in [-0.05, 0) is 19.8 Å². The molecule has 25 heavy (non-hydrogen) atoms. The molecule has 0 bridgehead atoms. The van der Waals surface area contributed by atoms with Gasteiger partial charge in [-0.2, -0.15) is 0 Å². The van der Waals surface area contributed by atoms with Crippen LogP contribution in [0.2, 0.25) is 0 Å². The van der Waals surface area contributed by atoms with Gasteiger partial charge >= 0.3 is 29.6 Å². The Bertz CT molecular complexity index is 360. The fourth-order valence-corrected chi connectivity index (χ4v) is 3.44. The molecule has 0 saturated heterocycles. The van der Waals surface area contributed by atoms with Crippen LogP contribution >= 0.6 is 0 Å². The van der Waals surface area contributed by atoms with Crippen LogP contribution in [-0.4, -0.2) is 29.9 Å². The van der Waals surface area contributed by atoms with E-state index in [-0.39, 0.29) is 29.6 Å². The van der Waals surface area contributed by atoms with E-state index in [2.05, 4.69) is 0 Å². The Balaban J connectivity index is 0. The summed E-state index contributed by atoms with van der Waals surface area (Å²) in [6.45, 7) is 1.85. The summed E-state index contributed by atoms with van der Waals surface area (Å²) in [5.41, 5.74) is 0. The summed E-state index contributed by atoms with van der Waals surface area (Å²) in [7, 11) is -4.08. The maximum atomic E-state index is 10.8. The van der Waals surface area contributed by atoms with E-state index >= 15 is 0 Å². The van der Waals surface area contributed by atoms with Gasteiger partial charge in [0.2, 0.25) is 0 Å². The van der Waals surface area contributed by atoms with Crippen LogP contribution in [0.4, 0.5) is 0 Å². The molecule has 0 aliphatic heterocycles. The molecule has 0 saturated carbocycles. The SMILES string of the molecule is CC(CCCCCCCCCCCCCCCCCO)S(=O)(=O)[O-].[Na+]. The van der Waals surface area contributed by atoms with E-state index in [4.69, 9.17) is 5.11 Å². The third-order valence-electron chi connectivity index (χ3n) is 4.76. The van der Waals surface area contributed by atoms with E-state index in [0.717, 1.165) is 25.7 Å². The maximum Gasteiger partial charge on any atom is 1.00 e. The van der Waals surface area contributed by atoms with Crippen LogP contribution in [0.5, 0.6) is 0 Å². The largest absolute Gasteiger partial charge is 1.00 e. The Morgan fingerprint density at radius 3 is 1.24 bits per heavy atom. The minimum Gasteiger partial charge on any atom is -0.748 e. The van der Waals surface area contributed by atoms with Crippen LogP contribution < -0.4 is 29.6 Å². The summed E-state index contributed by atoms with van der Waals surface area (Å²) in [4.78, 5) is 0. The third-order valence-corrected chi connectivity index (χ3v) is 5.98. The van der Waals surface area contributed by atoms with Crippen molar-refractivity contribution >= 4 is 10.1 Å². The smallest absolute Gasteiger partial charge is 0.748 e. The molecular weight excluding hydrogens is 347 g/mol. The number of hydrogen-bond donors (Lipinski definition) is 1. The van der Waals surface area contributed by atoms with Crippen LogP contribution in [0.3, 0.4) is 0 Å². The predicted molar refractivity (Wildman–Crippen MR) is 100 cm³/mol. The van der Waals surface area contributed by atoms with Crippen molar-refractivity contribution in [2.75, 3.05) is 6.61 Å². The molecule has 1 atom stereocenters. The summed E-state index contributed by atoms with van der Waals surface area (Å²) in [6.07, 6.45) is 18.8. The monoisotopic (exact) mass is 386 g/mol. The topological polar surface area (TPSA) is 77.4 Å². The molecule has 6 heteroatoms. The zero-order valence-electron chi connectivity index (χ0n) is 16.7. The van der Waals surface area contributed by atoms with Crippen LogP contribution in [0.1, 0.15) is 110 Å². The van der Waals surface area contributed by atoms with E-state index in [0.29, 0.717) is 13.0 Å². The zero-order chi connectivity index (χ0) is 18.1. The van der Waals surface area contributed by atoms with Crippen molar-refractivity contribution in [3.05, 3.63) is 0 Å². The van der Waals surface area contributed by atoms with E-state index in [1.54, 1.807) is 0 Å². The van der Waals surface area contributed by atoms with E-state index in [1.165, 1.54) is 77.6 Å². The Morgan fingerprint density at radius 2 is 0.960 bits per heavy atom. The van der Waals surface area contributed by atoms with E-state index in [1.807, 2.05) is 0 Å². The summed E-state index contributed by atoms with van der Waals surface area (Å²) in [6, 6.07) is 0. The second-order valence-corrected chi connectivity index (χ2v) is 8.91. The molecule has 0 heterocycles. The molecule has 0 aromatic heterocycles. The zero-order valence-corrected chi connectivity index (χ0v) is 19.5. The minimum atomic E-state index is -4.08. The molecule has 0 rings (SSSR count). The fourth-order valence-electron chi connectivity index (χ4n) is 2.99. The summed E-state index contributed by atoms with van der Waals surface area (Å²) >= 11 is 0.